The zero-order valence-electron chi connectivity index (χ0n) is 14.7. The fourth-order valence-electron chi connectivity index (χ4n) is 2.42. The molecule has 5 nitrogen and oxygen atoms in total. The molecular formula is C20H22ClNO4. The summed E-state index contributed by atoms with van der Waals surface area (Å²) in [7, 11) is 0. The van der Waals surface area contributed by atoms with Gasteiger partial charge in [0, 0.05) is 11.1 Å². The molecule has 6 heteroatoms. The van der Waals surface area contributed by atoms with Gasteiger partial charge in [-0.3, -0.25) is 4.79 Å². The van der Waals surface area contributed by atoms with Crippen molar-refractivity contribution in [1.29, 1.82) is 0 Å². The molecular weight excluding hydrogens is 354 g/mol. The molecule has 2 rings (SSSR count). The maximum absolute atomic E-state index is 12.2. The molecule has 0 radical (unpaired) electrons. The molecule has 2 N–H and O–H groups in total. The predicted octanol–water partition coefficient (Wildman–Crippen LogP) is 3.73. The van der Waals surface area contributed by atoms with Gasteiger partial charge in [0.05, 0.1) is 0 Å². The number of hydrogen-bond acceptors (Lipinski definition) is 4. The van der Waals surface area contributed by atoms with Crippen LogP contribution in [0.2, 0.25) is 5.02 Å². The summed E-state index contributed by atoms with van der Waals surface area (Å²) in [4.78, 5) is 24.3. The highest BCUT2D eigenvalue weighted by atomic mass is 35.5. The number of phenols is 1. The summed E-state index contributed by atoms with van der Waals surface area (Å²) in [6, 6.07) is 14.0. The van der Waals surface area contributed by atoms with E-state index in [9.17, 15) is 14.7 Å². The van der Waals surface area contributed by atoms with Crippen LogP contribution in [0.1, 0.15) is 36.2 Å². The van der Waals surface area contributed by atoms with Gasteiger partial charge in [-0.05, 0) is 50.5 Å². The van der Waals surface area contributed by atoms with Crippen LogP contribution in [0.3, 0.4) is 0 Å². The van der Waals surface area contributed by atoms with Crippen molar-refractivity contribution in [2.45, 2.75) is 38.8 Å². The third-order valence-corrected chi connectivity index (χ3v) is 4.17. The number of amides is 1. The largest absolute Gasteiger partial charge is 0.507 e. The van der Waals surface area contributed by atoms with E-state index >= 15 is 0 Å². The predicted molar refractivity (Wildman–Crippen MR) is 100 cm³/mol. The van der Waals surface area contributed by atoms with E-state index < -0.39 is 12.1 Å². The van der Waals surface area contributed by atoms with Crippen molar-refractivity contribution in [3.8, 4) is 5.75 Å². The number of halogens is 1. The molecule has 0 aliphatic carbocycles. The number of aryl methyl sites for hydroxylation is 1. The molecule has 2 atom stereocenters. The fraction of sp³-hybridized carbons (Fsp3) is 0.300. The summed E-state index contributed by atoms with van der Waals surface area (Å²) in [5, 5.41) is 12.9. The van der Waals surface area contributed by atoms with E-state index in [-0.39, 0.29) is 23.3 Å². The lowest BCUT2D eigenvalue weighted by molar-refractivity contribution is -0.129. The Kier molecular flexibility index (Phi) is 7.04. The Morgan fingerprint density at radius 1 is 1.15 bits per heavy atom. The minimum absolute atomic E-state index is 0.0359. The van der Waals surface area contributed by atoms with Crippen molar-refractivity contribution in [3.63, 3.8) is 0 Å². The molecule has 2 aromatic carbocycles. The van der Waals surface area contributed by atoms with Gasteiger partial charge >= 0.3 is 5.97 Å². The van der Waals surface area contributed by atoms with Gasteiger partial charge in [-0.15, -0.1) is 0 Å². The number of carbonyl (C=O) groups excluding carboxylic acids is 2. The van der Waals surface area contributed by atoms with Crippen molar-refractivity contribution in [1.82, 2.24) is 5.32 Å². The third kappa shape index (κ3) is 5.77. The zero-order chi connectivity index (χ0) is 19.1. The van der Waals surface area contributed by atoms with Gasteiger partial charge in [-0.2, -0.15) is 0 Å². The summed E-state index contributed by atoms with van der Waals surface area (Å²) in [6.07, 6.45) is 0.639. The van der Waals surface area contributed by atoms with Gasteiger partial charge in [0.1, 0.15) is 11.3 Å². The second kappa shape index (κ2) is 9.25. The highest BCUT2D eigenvalue weighted by Gasteiger charge is 2.22. The second-order valence-electron chi connectivity index (χ2n) is 6.14. The molecule has 2 aromatic rings. The molecule has 0 aromatic heterocycles. The van der Waals surface area contributed by atoms with Crippen molar-refractivity contribution in [3.05, 3.63) is 64.7 Å². The average molecular weight is 376 g/mol. The molecule has 0 fully saturated rings. The number of ether oxygens (including phenoxy) is 1. The standard InChI is InChI=1S/C20H22ClNO4/c1-13(8-9-15-6-4-3-5-7-15)22-19(24)14(2)26-20(25)17-11-10-16(21)12-18(17)23/h3-7,10-14,23H,8-9H2,1-2H3,(H,22,24)/t13-,14-/m0/s1. The Morgan fingerprint density at radius 3 is 2.50 bits per heavy atom. The first-order valence-corrected chi connectivity index (χ1v) is 8.78. The van der Waals surface area contributed by atoms with E-state index in [1.165, 1.54) is 30.7 Å². The van der Waals surface area contributed by atoms with Crippen LogP contribution in [-0.2, 0) is 16.0 Å². The fourth-order valence-corrected chi connectivity index (χ4v) is 2.58. The first-order valence-electron chi connectivity index (χ1n) is 8.40. The molecule has 138 valence electrons. The third-order valence-electron chi connectivity index (χ3n) is 3.93. The van der Waals surface area contributed by atoms with E-state index in [4.69, 9.17) is 16.3 Å². The Bertz CT molecular complexity index is 764. The maximum Gasteiger partial charge on any atom is 0.342 e. The topological polar surface area (TPSA) is 75.6 Å². The van der Waals surface area contributed by atoms with E-state index in [2.05, 4.69) is 5.32 Å². The second-order valence-corrected chi connectivity index (χ2v) is 6.58. The molecule has 0 bridgehead atoms. The first kappa shape index (κ1) is 19.8. The number of carbonyl (C=O) groups is 2. The lowest BCUT2D eigenvalue weighted by Gasteiger charge is -2.18. The van der Waals surface area contributed by atoms with E-state index in [1.54, 1.807) is 0 Å². The molecule has 0 spiro atoms. The summed E-state index contributed by atoms with van der Waals surface area (Å²) in [6.45, 7) is 3.39. The smallest absolute Gasteiger partial charge is 0.342 e. The van der Waals surface area contributed by atoms with Crippen LogP contribution in [0.4, 0.5) is 0 Å². The van der Waals surface area contributed by atoms with Gasteiger partial charge < -0.3 is 15.2 Å². The molecule has 0 aliphatic rings. The SMILES string of the molecule is C[C@H](OC(=O)c1ccc(Cl)cc1O)C(=O)N[C@@H](C)CCc1ccccc1. The Hall–Kier alpha value is -2.53. The lowest BCUT2D eigenvalue weighted by atomic mass is 10.1. The van der Waals surface area contributed by atoms with Gasteiger partial charge in [0.25, 0.3) is 5.91 Å². The number of rotatable bonds is 7. The normalized spacial score (nSPS) is 12.9. The van der Waals surface area contributed by atoms with E-state index in [1.807, 2.05) is 37.3 Å². The number of hydrogen-bond donors (Lipinski definition) is 2. The number of phenolic OH excluding ortho intramolecular Hbond substituents is 1. The van der Waals surface area contributed by atoms with Crippen molar-refractivity contribution >= 4 is 23.5 Å². The van der Waals surface area contributed by atoms with Crippen molar-refractivity contribution in [2.24, 2.45) is 0 Å². The minimum Gasteiger partial charge on any atom is -0.507 e. The number of aromatic hydroxyl groups is 1. The molecule has 0 saturated heterocycles. The van der Waals surface area contributed by atoms with Gasteiger partial charge in [0.2, 0.25) is 0 Å². The van der Waals surface area contributed by atoms with Crippen LogP contribution in [-0.4, -0.2) is 29.1 Å². The van der Waals surface area contributed by atoms with Gasteiger partial charge in [-0.25, -0.2) is 4.79 Å². The van der Waals surface area contributed by atoms with Crippen LogP contribution >= 0.6 is 11.6 Å². The quantitative estimate of drug-likeness (QED) is 0.723. The van der Waals surface area contributed by atoms with Crippen molar-refractivity contribution < 1.29 is 19.4 Å². The summed E-state index contributed by atoms with van der Waals surface area (Å²) in [5.74, 6) is -1.45. The zero-order valence-corrected chi connectivity index (χ0v) is 15.5. The number of benzene rings is 2. The van der Waals surface area contributed by atoms with Crippen LogP contribution in [0, 0.1) is 0 Å². The van der Waals surface area contributed by atoms with Crippen LogP contribution in [0.25, 0.3) is 0 Å². The minimum atomic E-state index is -0.975. The average Bonchev–Trinajstić information content (AvgIpc) is 2.60. The summed E-state index contributed by atoms with van der Waals surface area (Å²) in [5.41, 5.74) is 1.16. The molecule has 0 heterocycles. The molecule has 26 heavy (non-hydrogen) atoms. The Morgan fingerprint density at radius 2 is 1.85 bits per heavy atom. The molecule has 0 aliphatic heterocycles. The first-order chi connectivity index (χ1) is 12.4. The maximum atomic E-state index is 12.2. The van der Waals surface area contributed by atoms with Crippen LogP contribution < -0.4 is 5.32 Å². The number of nitrogens with one attached hydrogen (secondary N) is 1. The molecule has 0 unspecified atom stereocenters. The van der Waals surface area contributed by atoms with E-state index in [0.717, 1.165) is 12.8 Å². The Labute approximate surface area is 157 Å². The van der Waals surface area contributed by atoms with Crippen LogP contribution in [0.5, 0.6) is 5.75 Å². The highest BCUT2D eigenvalue weighted by Crippen LogP contribution is 2.23. The van der Waals surface area contributed by atoms with Crippen molar-refractivity contribution in [2.75, 3.05) is 0 Å². The Balaban J connectivity index is 1.83. The van der Waals surface area contributed by atoms with Crippen LogP contribution in [0.15, 0.2) is 48.5 Å². The highest BCUT2D eigenvalue weighted by molar-refractivity contribution is 6.30. The van der Waals surface area contributed by atoms with E-state index in [0.29, 0.717) is 5.02 Å². The summed E-state index contributed by atoms with van der Waals surface area (Å²) >= 11 is 5.73. The number of esters is 1. The lowest BCUT2D eigenvalue weighted by Crippen LogP contribution is -2.41. The molecule has 1 amide bonds. The summed E-state index contributed by atoms with van der Waals surface area (Å²) < 4.78 is 5.13. The van der Waals surface area contributed by atoms with Gasteiger partial charge in [0.15, 0.2) is 6.10 Å². The molecule has 0 saturated carbocycles. The monoisotopic (exact) mass is 375 g/mol. The van der Waals surface area contributed by atoms with Gasteiger partial charge in [-0.1, -0.05) is 41.9 Å².